The van der Waals surface area contributed by atoms with Gasteiger partial charge in [-0.1, -0.05) is 31.2 Å². The molecule has 16 heavy (non-hydrogen) atoms. The van der Waals surface area contributed by atoms with Crippen molar-refractivity contribution in [3.05, 3.63) is 35.4 Å². The summed E-state index contributed by atoms with van der Waals surface area (Å²) >= 11 is 0. The fourth-order valence-electron chi connectivity index (χ4n) is 1.90. The average Bonchev–Trinajstić information content (AvgIpc) is 3.13. The number of benzene rings is 1. The molecule has 1 saturated carbocycles. The lowest BCUT2D eigenvalue weighted by atomic mass is 10.1. The zero-order valence-corrected chi connectivity index (χ0v) is 9.95. The summed E-state index contributed by atoms with van der Waals surface area (Å²) in [6.45, 7) is 4.10. The van der Waals surface area contributed by atoms with Gasteiger partial charge in [0.2, 0.25) is 0 Å². The van der Waals surface area contributed by atoms with Gasteiger partial charge < -0.3 is 10.4 Å². The van der Waals surface area contributed by atoms with Crippen LogP contribution in [0.1, 0.15) is 36.8 Å². The van der Waals surface area contributed by atoms with Crippen LogP contribution in [-0.4, -0.2) is 18.3 Å². The van der Waals surface area contributed by atoms with E-state index in [1.807, 2.05) is 6.92 Å². The first kappa shape index (κ1) is 11.6. The molecule has 0 radical (unpaired) electrons. The Labute approximate surface area is 97.7 Å². The van der Waals surface area contributed by atoms with Crippen LogP contribution >= 0.6 is 0 Å². The second-order valence-electron chi connectivity index (χ2n) is 4.94. The van der Waals surface area contributed by atoms with Crippen LogP contribution in [0.4, 0.5) is 0 Å². The maximum Gasteiger partial charge on any atom is 0.0468 e. The topological polar surface area (TPSA) is 32.3 Å². The molecule has 1 aromatic rings. The summed E-state index contributed by atoms with van der Waals surface area (Å²) in [7, 11) is 0. The molecule has 1 fully saturated rings. The molecule has 1 aliphatic rings. The molecule has 2 N–H and O–H groups in total. The average molecular weight is 219 g/mol. The Morgan fingerprint density at radius 1 is 1.44 bits per heavy atom. The molecule has 0 aromatic heterocycles. The summed E-state index contributed by atoms with van der Waals surface area (Å²) in [5, 5.41) is 12.3. The van der Waals surface area contributed by atoms with E-state index in [4.69, 9.17) is 5.11 Å². The number of rotatable bonds is 6. The molecule has 2 heteroatoms. The van der Waals surface area contributed by atoms with Crippen LogP contribution in [0.3, 0.4) is 0 Å². The van der Waals surface area contributed by atoms with Gasteiger partial charge in [-0.3, -0.25) is 0 Å². The van der Waals surface area contributed by atoms with Crippen molar-refractivity contribution in [3.8, 4) is 0 Å². The van der Waals surface area contributed by atoms with Crippen molar-refractivity contribution >= 4 is 0 Å². The lowest BCUT2D eigenvalue weighted by molar-refractivity contribution is 0.233. The van der Waals surface area contributed by atoms with E-state index in [1.165, 1.54) is 24.0 Å². The summed E-state index contributed by atoms with van der Waals surface area (Å²) in [4.78, 5) is 0. The molecular formula is C14H21NO. The molecule has 0 bridgehead atoms. The minimum atomic E-state index is 0.259. The van der Waals surface area contributed by atoms with Gasteiger partial charge in [0.1, 0.15) is 0 Å². The van der Waals surface area contributed by atoms with Gasteiger partial charge in [-0.05, 0) is 35.8 Å². The van der Waals surface area contributed by atoms with Gasteiger partial charge in [0.25, 0.3) is 0 Å². The molecule has 1 aliphatic carbocycles. The van der Waals surface area contributed by atoms with Gasteiger partial charge in [-0.15, -0.1) is 0 Å². The van der Waals surface area contributed by atoms with Crippen molar-refractivity contribution in [2.45, 2.75) is 32.2 Å². The molecule has 2 nitrogen and oxygen atoms in total. The predicted octanol–water partition coefficient (Wildman–Crippen LogP) is 2.28. The van der Waals surface area contributed by atoms with Crippen LogP contribution in [0.25, 0.3) is 0 Å². The van der Waals surface area contributed by atoms with E-state index in [0.717, 1.165) is 19.0 Å². The third kappa shape index (κ3) is 3.32. The number of aliphatic hydroxyl groups is 1. The van der Waals surface area contributed by atoms with Crippen LogP contribution in [0, 0.1) is 5.92 Å². The molecule has 1 unspecified atom stereocenters. The highest BCUT2D eigenvalue weighted by molar-refractivity contribution is 5.29. The summed E-state index contributed by atoms with van der Waals surface area (Å²) < 4.78 is 0. The fraction of sp³-hybridized carbons (Fsp3) is 0.571. The fourth-order valence-corrected chi connectivity index (χ4v) is 1.90. The second-order valence-corrected chi connectivity index (χ2v) is 4.94. The van der Waals surface area contributed by atoms with Crippen molar-refractivity contribution in [2.75, 3.05) is 13.2 Å². The monoisotopic (exact) mass is 219 g/mol. The Kier molecular flexibility index (Phi) is 3.97. The minimum absolute atomic E-state index is 0.259. The van der Waals surface area contributed by atoms with Crippen molar-refractivity contribution in [1.82, 2.24) is 5.32 Å². The van der Waals surface area contributed by atoms with Crippen LogP contribution in [0.2, 0.25) is 0 Å². The first-order valence-corrected chi connectivity index (χ1v) is 6.20. The molecule has 0 aliphatic heterocycles. The molecule has 0 amide bonds. The summed E-state index contributed by atoms with van der Waals surface area (Å²) in [6.07, 6.45) is 2.72. The predicted molar refractivity (Wildman–Crippen MR) is 66.4 cm³/mol. The first-order chi connectivity index (χ1) is 7.79. The molecule has 0 saturated heterocycles. The van der Waals surface area contributed by atoms with E-state index in [0.29, 0.717) is 5.92 Å². The Balaban J connectivity index is 1.82. The third-order valence-electron chi connectivity index (χ3n) is 3.13. The zero-order chi connectivity index (χ0) is 11.4. The molecular weight excluding hydrogens is 198 g/mol. The SMILES string of the molecule is CC(CO)CNCc1cccc(C2CC2)c1. The van der Waals surface area contributed by atoms with E-state index < -0.39 is 0 Å². The number of nitrogens with one attached hydrogen (secondary N) is 1. The lowest BCUT2D eigenvalue weighted by Crippen LogP contribution is -2.22. The number of hydrogen-bond acceptors (Lipinski definition) is 2. The Hall–Kier alpha value is -0.860. The van der Waals surface area contributed by atoms with Crippen LogP contribution in [0.5, 0.6) is 0 Å². The van der Waals surface area contributed by atoms with Crippen molar-refractivity contribution < 1.29 is 5.11 Å². The van der Waals surface area contributed by atoms with Crippen LogP contribution in [-0.2, 0) is 6.54 Å². The summed E-state index contributed by atoms with van der Waals surface area (Å²) in [6, 6.07) is 8.87. The highest BCUT2D eigenvalue weighted by Crippen LogP contribution is 2.40. The molecule has 1 atom stereocenters. The number of aliphatic hydroxyl groups excluding tert-OH is 1. The van der Waals surface area contributed by atoms with Gasteiger partial charge in [0.15, 0.2) is 0 Å². The Bertz CT molecular complexity index is 333. The maximum atomic E-state index is 8.92. The van der Waals surface area contributed by atoms with Gasteiger partial charge in [-0.25, -0.2) is 0 Å². The van der Waals surface area contributed by atoms with Crippen molar-refractivity contribution in [3.63, 3.8) is 0 Å². The van der Waals surface area contributed by atoms with Gasteiger partial charge in [0, 0.05) is 19.7 Å². The van der Waals surface area contributed by atoms with Gasteiger partial charge in [0.05, 0.1) is 0 Å². The zero-order valence-electron chi connectivity index (χ0n) is 9.95. The van der Waals surface area contributed by atoms with E-state index in [2.05, 4.69) is 29.6 Å². The smallest absolute Gasteiger partial charge is 0.0468 e. The molecule has 2 rings (SSSR count). The summed E-state index contributed by atoms with van der Waals surface area (Å²) in [5.74, 6) is 1.17. The van der Waals surface area contributed by atoms with Crippen LogP contribution in [0.15, 0.2) is 24.3 Å². The minimum Gasteiger partial charge on any atom is -0.396 e. The second kappa shape index (κ2) is 5.46. The van der Waals surface area contributed by atoms with Crippen LogP contribution < -0.4 is 5.32 Å². The molecule has 0 spiro atoms. The van der Waals surface area contributed by atoms with Gasteiger partial charge >= 0.3 is 0 Å². The van der Waals surface area contributed by atoms with Crippen molar-refractivity contribution in [1.29, 1.82) is 0 Å². The highest BCUT2D eigenvalue weighted by atomic mass is 16.3. The van der Waals surface area contributed by atoms with Gasteiger partial charge in [-0.2, -0.15) is 0 Å². The number of hydrogen-bond donors (Lipinski definition) is 2. The Morgan fingerprint density at radius 3 is 2.94 bits per heavy atom. The van der Waals surface area contributed by atoms with E-state index >= 15 is 0 Å². The molecule has 0 heterocycles. The maximum absolute atomic E-state index is 8.92. The van der Waals surface area contributed by atoms with E-state index in [1.54, 1.807) is 0 Å². The Morgan fingerprint density at radius 2 is 2.25 bits per heavy atom. The van der Waals surface area contributed by atoms with E-state index in [9.17, 15) is 0 Å². The quantitative estimate of drug-likeness (QED) is 0.769. The first-order valence-electron chi connectivity index (χ1n) is 6.20. The summed E-state index contributed by atoms with van der Waals surface area (Å²) in [5.41, 5.74) is 2.85. The van der Waals surface area contributed by atoms with Crippen molar-refractivity contribution in [2.24, 2.45) is 5.92 Å². The third-order valence-corrected chi connectivity index (χ3v) is 3.13. The highest BCUT2D eigenvalue weighted by Gasteiger charge is 2.23. The normalized spacial score (nSPS) is 17.4. The largest absolute Gasteiger partial charge is 0.396 e. The standard InChI is InChI=1S/C14H21NO/c1-11(10-16)8-15-9-12-3-2-4-14(7-12)13-5-6-13/h2-4,7,11,13,15-16H,5-6,8-10H2,1H3. The molecule has 1 aromatic carbocycles. The van der Waals surface area contributed by atoms with E-state index in [-0.39, 0.29) is 6.61 Å². The lowest BCUT2D eigenvalue weighted by Gasteiger charge is -2.10. The molecule has 88 valence electrons.